The third-order valence-corrected chi connectivity index (χ3v) is 6.25. The standard InChI is InChI=1S/C28H28N2O5/c1-17-11-12-18(2)25(15-17)29-27(33)24(13-14-26(31)32)30-28(34)35-16-23-21-9-5-3-7-19(21)20-8-4-6-10-22(20)23/h3-12,15,23-24H,13-14,16H2,1-2H3,(H,29,33)(H,30,34)(H,31,32). The lowest BCUT2D eigenvalue weighted by Crippen LogP contribution is -2.44. The highest BCUT2D eigenvalue weighted by atomic mass is 16.5. The van der Waals surface area contributed by atoms with E-state index in [1.165, 1.54) is 0 Å². The largest absolute Gasteiger partial charge is 0.481 e. The molecule has 1 unspecified atom stereocenters. The molecule has 0 saturated carbocycles. The van der Waals surface area contributed by atoms with E-state index in [1.54, 1.807) is 0 Å². The SMILES string of the molecule is Cc1ccc(C)c(NC(=O)C(CCC(=O)O)NC(=O)OCC2c3ccccc3-c3ccccc32)c1. The van der Waals surface area contributed by atoms with E-state index in [-0.39, 0.29) is 25.4 Å². The van der Waals surface area contributed by atoms with Crippen molar-refractivity contribution >= 4 is 23.7 Å². The fraction of sp³-hybridized carbons (Fsp3) is 0.250. The highest BCUT2D eigenvalue weighted by Gasteiger charge is 2.30. The molecular formula is C28H28N2O5. The van der Waals surface area contributed by atoms with Gasteiger partial charge in [-0.25, -0.2) is 4.79 Å². The zero-order valence-electron chi connectivity index (χ0n) is 19.7. The van der Waals surface area contributed by atoms with Gasteiger partial charge in [0.15, 0.2) is 0 Å². The predicted molar refractivity (Wildman–Crippen MR) is 133 cm³/mol. The van der Waals surface area contributed by atoms with Crippen molar-refractivity contribution in [1.29, 1.82) is 0 Å². The number of carboxylic acid groups (broad SMARTS) is 1. The van der Waals surface area contributed by atoms with Crippen molar-refractivity contribution in [2.75, 3.05) is 11.9 Å². The quantitative estimate of drug-likeness (QED) is 0.427. The minimum absolute atomic E-state index is 0.0593. The topological polar surface area (TPSA) is 105 Å². The van der Waals surface area contributed by atoms with Crippen LogP contribution in [0.4, 0.5) is 10.5 Å². The van der Waals surface area contributed by atoms with Crippen LogP contribution in [-0.2, 0) is 14.3 Å². The van der Waals surface area contributed by atoms with E-state index in [0.717, 1.165) is 33.4 Å². The van der Waals surface area contributed by atoms with E-state index in [9.17, 15) is 14.4 Å². The molecule has 3 aromatic carbocycles. The van der Waals surface area contributed by atoms with E-state index in [2.05, 4.69) is 10.6 Å². The minimum Gasteiger partial charge on any atom is -0.481 e. The molecule has 7 heteroatoms. The van der Waals surface area contributed by atoms with Gasteiger partial charge in [-0.2, -0.15) is 0 Å². The molecule has 0 radical (unpaired) electrons. The van der Waals surface area contributed by atoms with Crippen LogP contribution in [-0.4, -0.2) is 35.7 Å². The van der Waals surface area contributed by atoms with Crippen molar-refractivity contribution in [2.24, 2.45) is 0 Å². The number of fused-ring (bicyclic) bond motifs is 3. The van der Waals surface area contributed by atoms with Gasteiger partial charge in [-0.3, -0.25) is 9.59 Å². The number of aryl methyl sites for hydroxylation is 2. The van der Waals surface area contributed by atoms with E-state index in [4.69, 9.17) is 9.84 Å². The van der Waals surface area contributed by atoms with E-state index in [0.29, 0.717) is 5.69 Å². The highest BCUT2D eigenvalue weighted by Crippen LogP contribution is 2.44. The summed E-state index contributed by atoms with van der Waals surface area (Å²) in [5, 5.41) is 14.5. The third-order valence-electron chi connectivity index (χ3n) is 6.25. The lowest BCUT2D eigenvalue weighted by molar-refractivity contribution is -0.137. The number of hydrogen-bond donors (Lipinski definition) is 3. The van der Waals surface area contributed by atoms with E-state index >= 15 is 0 Å². The first-order chi connectivity index (χ1) is 16.8. The average Bonchev–Trinajstić information content (AvgIpc) is 3.16. The summed E-state index contributed by atoms with van der Waals surface area (Å²) in [4.78, 5) is 36.8. The van der Waals surface area contributed by atoms with Crippen molar-refractivity contribution < 1.29 is 24.2 Å². The molecule has 2 amide bonds. The molecule has 7 nitrogen and oxygen atoms in total. The first kappa shape index (κ1) is 24.0. The van der Waals surface area contributed by atoms with Crippen molar-refractivity contribution in [3.05, 3.63) is 89.0 Å². The maximum Gasteiger partial charge on any atom is 0.407 e. The van der Waals surface area contributed by atoms with Crippen molar-refractivity contribution in [3.8, 4) is 11.1 Å². The Morgan fingerprint density at radius 2 is 1.57 bits per heavy atom. The van der Waals surface area contributed by atoms with Crippen LogP contribution in [0.25, 0.3) is 11.1 Å². The summed E-state index contributed by atoms with van der Waals surface area (Å²) in [6, 6.07) is 20.6. The maximum absolute atomic E-state index is 12.9. The lowest BCUT2D eigenvalue weighted by atomic mass is 9.98. The van der Waals surface area contributed by atoms with Gasteiger partial charge in [-0.05, 0) is 59.7 Å². The van der Waals surface area contributed by atoms with Crippen LogP contribution in [0.15, 0.2) is 66.7 Å². The van der Waals surface area contributed by atoms with Gasteiger partial charge < -0.3 is 20.5 Å². The summed E-state index contributed by atoms with van der Waals surface area (Å²) in [6.45, 7) is 3.87. The number of carbonyl (C=O) groups excluding carboxylic acids is 2. The zero-order valence-corrected chi connectivity index (χ0v) is 19.7. The van der Waals surface area contributed by atoms with Gasteiger partial charge in [0.2, 0.25) is 5.91 Å². The fourth-order valence-electron chi connectivity index (χ4n) is 4.41. The molecule has 0 saturated heterocycles. The van der Waals surface area contributed by atoms with E-state index in [1.807, 2.05) is 80.6 Å². The number of anilines is 1. The average molecular weight is 473 g/mol. The second-order valence-corrected chi connectivity index (χ2v) is 8.76. The molecule has 3 aromatic rings. The van der Waals surface area contributed by atoms with Crippen LogP contribution < -0.4 is 10.6 Å². The number of hydrogen-bond acceptors (Lipinski definition) is 4. The highest BCUT2D eigenvalue weighted by molar-refractivity contribution is 5.97. The van der Waals surface area contributed by atoms with Gasteiger partial charge in [0.05, 0.1) is 0 Å². The van der Waals surface area contributed by atoms with Crippen LogP contribution in [0.2, 0.25) is 0 Å². The van der Waals surface area contributed by atoms with Gasteiger partial charge >= 0.3 is 12.1 Å². The molecule has 180 valence electrons. The second-order valence-electron chi connectivity index (χ2n) is 8.76. The van der Waals surface area contributed by atoms with Gasteiger partial charge in [0, 0.05) is 18.0 Å². The number of ether oxygens (including phenoxy) is 1. The molecule has 35 heavy (non-hydrogen) atoms. The molecule has 1 atom stereocenters. The molecule has 1 aliphatic rings. The first-order valence-corrected chi connectivity index (χ1v) is 11.5. The Morgan fingerprint density at radius 1 is 0.943 bits per heavy atom. The van der Waals surface area contributed by atoms with Gasteiger partial charge in [-0.1, -0.05) is 60.7 Å². The van der Waals surface area contributed by atoms with Crippen LogP contribution in [0.1, 0.15) is 41.0 Å². The number of aliphatic carboxylic acids is 1. The Balaban J connectivity index is 1.44. The Labute approximate surface area is 204 Å². The van der Waals surface area contributed by atoms with Gasteiger partial charge in [-0.15, -0.1) is 0 Å². The Kier molecular flexibility index (Phi) is 7.15. The molecule has 4 rings (SSSR count). The monoisotopic (exact) mass is 472 g/mol. The molecule has 3 N–H and O–H groups in total. The smallest absolute Gasteiger partial charge is 0.407 e. The maximum atomic E-state index is 12.9. The normalized spacial score (nSPS) is 12.9. The van der Waals surface area contributed by atoms with Crippen LogP contribution >= 0.6 is 0 Å². The Morgan fingerprint density at radius 3 is 2.20 bits per heavy atom. The molecule has 0 fully saturated rings. The van der Waals surface area contributed by atoms with Crippen LogP contribution in [0.5, 0.6) is 0 Å². The van der Waals surface area contributed by atoms with E-state index < -0.39 is 24.0 Å². The summed E-state index contributed by atoms with van der Waals surface area (Å²) in [5.41, 5.74) is 6.84. The van der Waals surface area contributed by atoms with Gasteiger partial charge in [0.25, 0.3) is 0 Å². The molecular weight excluding hydrogens is 444 g/mol. The number of amides is 2. The number of carboxylic acids is 1. The summed E-state index contributed by atoms with van der Waals surface area (Å²) in [5.74, 6) is -1.66. The van der Waals surface area contributed by atoms with Crippen molar-refractivity contribution in [3.63, 3.8) is 0 Å². The van der Waals surface area contributed by atoms with Crippen molar-refractivity contribution in [2.45, 2.75) is 38.6 Å². The number of benzene rings is 3. The summed E-state index contributed by atoms with van der Waals surface area (Å²) < 4.78 is 5.54. The third kappa shape index (κ3) is 5.51. The van der Waals surface area contributed by atoms with Crippen LogP contribution in [0, 0.1) is 13.8 Å². The molecule has 0 heterocycles. The molecule has 0 aliphatic heterocycles. The Hall–Kier alpha value is -4.13. The molecule has 0 aromatic heterocycles. The van der Waals surface area contributed by atoms with Crippen LogP contribution in [0.3, 0.4) is 0 Å². The number of alkyl carbamates (subject to hydrolysis) is 1. The van der Waals surface area contributed by atoms with Gasteiger partial charge in [0.1, 0.15) is 12.6 Å². The molecule has 0 spiro atoms. The second kappa shape index (κ2) is 10.4. The Bertz CT molecular complexity index is 1220. The lowest BCUT2D eigenvalue weighted by Gasteiger charge is -2.20. The predicted octanol–water partition coefficient (Wildman–Crippen LogP) is 5.01. The molecule has 0 bridgehead atoms. The minimum atomic E-state index is -1.05. The zero-order chi connectivity index (χ0) is 24.9. The first-order valence-electron chi connectivity index (χ1n) is 11.5. The van der Waals surface area contributed by atoms with Crippen molar-refractivity contribution in [1.82, 2.24) is 5.32 Å². The number of nitrogens with one attached hydrogen (secondary N) is 2. The number of rotatable bonds is 8. The molecule has 1 aliphatic carbocycles. The summed E-state index contributed by atoms with van der Waals surface area (Å²) in [6.07, 6.45) is -1.09. The summed E-state index contributed by atoms with van der Waals surface area (Å²) >= 11 is 0. The fourth-order valence-corrected chi connectivity index (χ4v) is 4.41. The summed E-state index contributed by atoms with van der Waals surface area (Å²) in [7, 11) is 0. The number of carbonyl (C=O) groups is 3.